The summed E-state index contributed by atoms with van der Waals surface area (Å²) in [6.45, 7) is 6.24. The van der Waals surface area contributed by atoms with Crippen molar-refractivity contribution in [3.63, 3.8) is 0 Å². The molecule has 18 heavy (non-hydrogen) atoms. The van der Waals surface area contributed by atoms with Crippen LogP contribution < -0.4 is 5.32 Å². The van der Waals surface area contributed by atoms with Gasteiger partial charge < -0.3 is 5.32 Å². The van der Waals surface area contributed by atoms with E-state index in [1.54, 1.807) is 0 Å². The summed E-state index contributed by atoms with van der Waals surface area (Å²) in [7, 11) is 0. The molecule has 0 amide bonds. The zero-order valence-corrected chi connectivity index (χ0v) is 12.1. The van der Waals surface area contributed by atoms with Crippen LogP contribution in [0.1, 0.15) is 64.7 Å². The molecule has 2 aliphatic carbocycles. The van der Waals surface area contributed by atoms with Crippen molar-refractivity contribution in [1.29, 1.82) is 0 Å². The number of likely N-dealkylation sites (tertiary alicyclic amines) is 1. The topological polar surface area (TPSA) is 15.3 Å². The Kier molecular flexibility index (Phi) is 3.95. The lowest BCUT2D eigenvalue weighted by atomic mass is 9.67. The van der Waals surface area contributed by atoms with Gasteiger partial charge in [-0.25, -0.2) is 0 Å². The molecule has 2 saturated carbocycles. The van der Waals surface area contributed by atoms with Crippen LogP contribution >= 0.6 is 0 Å². The van der Waals surface area contributed by atoms with Crippen LogP contribution in [0.15, 0.2) is 0 Å². The molecule has 0 bridgehead atoms. The maximum atomic E-state index is 3.62. The van der Waals surface area contributed by atoms with Crippen LogP contribution in [0.5, 0.6) is 0 Å². The van der Waals surface area contributed by atoms with Crippen molar-refractivity contribution in [3.05, 3.63) is 0 Å². The summed E-state index contributed by atoms with van der Waals surface area (Å²) in [4.78, 5) is 2.81. The van der Waals surface area contributed by atoms with E-state index in [2.05, 4.69) is 17.1 Å². The fourth-order valence-electron chi connectivity index (χ4n) is 4.63. The SMILES string of the molecule is CCNC1CCC(N2CC3(CCCCC3)C2)CC1. The second-order valence-corrected chi connectivity index (χ2v) is 7.03. The first kappa shape index (κ1) is 12.9. The van der Waals surface area contributed by atoms with Crippen molar-refractivity contribution >= 4 is 0 Å². The van der Waals surface area contributed by atoms with Gasteiger partial charge in [-0.15, -0.1) is 0 Å². The highest BCUT2D eigenvalue weighted by molar-refractivity contribution is 4.99. The third-order valence-corrected chi connectivity index (χ3v) is 5.70. The van der Waals surface area contributed by atoms with Gasteiger partial charge in [0.05, 0.1) is 0 Å². The molecule has 0 aromatic carbocycles. The number of nitrogens with zero attached hydrogens (tertiary/aromatic N) is 1. The molecule has 1 saturated heterocycles. The van der Waals surface area contributed by atoms with E-state index < -0.39 is 0 Å². The zero-order valence-electron chi connectivity index (χ0n) is 12.1. The summed E-state index contributed by atoms with van der Waals surface area (Å²) >= 11 is 0. The summed E-state index contributed by atoms with van der Waals surface area (Å²) in [5, 5.41) is 3.62. The lowest BCUT2D eigenvalue weighted by Gasteiger charge is -2.56. The van der Waals surface area contributed by atoms with Crippen molar-refractivity contribution in [1.82, 2.24) is 10.2 Å². The van der Waals surface area contributed by atoms with Gasteiger partial charge in [0, 0.05) is 25.2 Å². The number of nitrogens with one attached hydrogen (secondary N) is 1. The average molecular weight is 250 g/mol. The summed E-state index contributed by atoms with van der Waals surface area (Å²) in [6.07, 6.45) is 13.2. The van der Waals surface area contributed by atoms with Crippen LogP contribution in [0.4, 0.5) is 0 Å². The van der Waals surface area contributed by atoms with E-state index in [9.17, 15) is 0 Å². The minimum Gasteiger partial charge on any atom is -0.314 e. The summed E-state index contributed by atoms with van der Waals surface area (Å²) in [5.74, 6) is 0. The number of hydrogen-bond acceptors (Lipinski definition) is 2. The smallest absolute Gasteiger partial charge is 0.00968 e. The Balaban J connectivity index is 1.42. The molecule has 0 aromatic rings. The molecule has 0 aromatic heterocycles. The third kappa shape index (κ3) is 2.60. The normalized spacial score (nSPS) is 36.5. The molecule has 1 heterocycles. The predicted octanol–water partition coefficient (Wildman–Crippen LogP) is 3.17. The molecule has 104 valence electrons. The quantitative estimate of drug-likeness (QED) is 0.827. The van der Waals surface area contributed by atoms with Crippen LogP contribution in [0.3, 0.4) is 0 Å². The van der Waals surface area contributed by atoms with Gasteiger partial charge >= 0.3 is 0 Å². The van der Waals surface area contributed by atoms with Crippen molar-refractivity contribution in [2.24, 2.45) is 5.41 Å². The monoisotopic (exact) mass is 250 g/mol. The summed E-state index contributed by atoms with van der Waals surface area (Å²) in [6, 6.07) is 1.74. The first-order valence-electron chi connectivity index (χ1n) is 8.29. The number of rotatable bonds is 3. The summed E-state index contributed by atoms with van der Waals surface area (Å²) < 4.78 is 0. The van der Waals surface area contributed by atoms with E-state index >= 15 is 0 Å². The molecule has 3 rings (SSSR count). The maximum absolute atomic E-state index is 3.62. The Morgan fingerprint density at radius 3 is 2.28 bits per heavy atom. The second-order valence-electron chi connectivity index (χ2n) is 7.03. The summed E-state index contributed by atoms with van der Waals surface area (Å²) in [5.41, 5.74) is 0.775. The Bertz CT molecular complexity index is 254. The molecule has 0 radical (unpaired) electrons. The van der Waals surface area contributed by atoms with Crippen LogP contribution in [0.25, 0.3) is 0 Å². The van der Waals surface area contributed by atoms with Gasteiger partial charge in [0.2, 0.25) is 0 Å². The van der Waals surface area contributed by atoms with E-state index in [0.717, 1.165) is 24.0 Å². The average Bonchev–Trinajstić information content (AvgIpc) is 2.38. The maximum Gasteiger partial charge on any atom is 0.00968 e. The van der Waals surface area contributed by atoms with Crippen LogP contribution in [-0.2, 0) is 0 Å². The fourth-order valence-corrected chi connectivity index (χ4v) is 4.63. The first-order chi connectivity index (χ1) is 8.81. The molecule has 1 spiro atoms. The molecule has 2 nitrogen and oxygen atoms in total. The van der Waals surface area contributed by atoms with Gasteiger partial charge in [-0.3, -0.25) is 4.90 Å². The van der Waals surface area contributed by atoms with Gasteiger partial charge in [0.15, 0.2) is 0 Å². The van der Waals surface area contributed by atoms with Crippen molar-refractivity contribution < 1.29 is 0 Å². The van der Waals surface area contributed by atoms with Gasteiger partial charge in [-0.05, 0) is 50.5 Å². The van der Waals surface area contributed by atoms with E-state index in [-0.39, 0.29) is 0 Å². The molecule has 1 aliphatic heterocycles. The molecular weight excluding hydrogens is 220 g/mol. The second kappa shape index (κ2) is 5.50. The molecule has 3 aliphatic rings. The standard InChI is InChI=1S/C16H30N2/c1-2-17-14-6-8-15(9-7-14)18-12-16(13-18)10-4-3-5-11-16/h14-15,17H,2-13H2,1H3. The van der Waals surface area contributed by atoms with Gasteiger partial charge in [0.1, 0.15) is 0 Å². The predicted molar refractivity (Wildman–Crippen MR) is 76.8 cm³/mol. The van der Waals surface area contributed by atoms with Crippen LogP contribution in [0.2, 0.25) is 0 Å². The van der Waals surface area contributed by atoms with E-state index in [1.165, 1.54) is 70.9 Å². The highest BCUT2D eigenvalue weighted by atomic mass is 15.2. The van der Waals surface area contributed by atoms with Crippen molar-refractivity contribution in [2.75, 3.05) is 19.6 Å². The van der Waals surface area contributed by atoms with Gasteiger partial charge in [0.25, 0.3) is 0 Å². The van der Waals surface area contributed by atoms with Crippen molar-refractivity contribution in [2.45, 2.75) is 76.8 Å². The molecular formula is C16H30N2. The molecule has 1 N–H and O–H groups in total. The lowest BCUT2D eigenvalue weighted by molar-refractivity contribution is -0.0641. The Morgan fingerprint density at radius 1 is 1.00 bits per heavy atom. The number of hydrogen-bond donors (Lipinski definition) is 1. The first-order valence-corrected chi connectivity index (χ1v) is 8.29. The van der Waals surface area contributed by atoms with Crippen LogP contribution in [-0.4, -0.2) is 36.6 Å². The van der Waals surface area contributed by atoms with E-state index in [1.807, 2.05) is 0 Å². The highest BCUT2D eigenvalue weighted by Crippen LogP contribution is 2.45. The minimum atomic E-state index is 0.775. The van der Waals surface area contributed by atoms with E-state index in [4.69, 9.17) is 0 Å². The van der Waals surface area contributed by atoms with Crippen LogP contribution in [0, 0.1) is 5.41 Å². The highest BCUT2D eigenvalue weighted by Gasteiger charge is 2.45. The van der Waals surface area contributed by atoms with Gasteiger partial charge in [-0.1, -0.05) is 26.2 Å². The lowest BCUT2D eigenvalue weighted by Crippen LogP contribution is -2.61. The molecule has 0 atom stereocenters. The molecule has 2 heteroatoms. The Hall–Kier alpha value is -0.0800. The molecule has 0 unspecified atom stereocenters. The Morgan fingerprint density at radius 2 is 1.67 bits per heavy atom. The Labute approximate surface area is 113 Å². The molecule has 3 fully saturated rings. The van der Waals surface area contributed by atoms with Gasteiger partial charge in [-0.2, -0.15) is 0 Å². The largest absolute Gasteiger partial charge is 0.314 e. The van der Waals surface area contributed by atoms with E-state index in [0.29, 0.717) is 0 Å². The fraction of sp³-hybridized carbons (Fsp3) is 1.00. The third-order valence-electron chi connectivity index (χ3n) is 5.70. The minimum absolute atomic E-state index is 0.775. The zero-order chi connectivity index (χ0) is 12.4. The van der Waals surface area contributed by atoms with Crippen molar-refractivity contribution in [3.8, 4) is 0 Å².